The Morgan fingerprint density at radius 3 is 2.52 bits per heavy atom. The van der Waals surface area contributed by atoms with E-state index < -0.39 is 12.2 Å². The molecule has 146 valence electrons. The maximum atomic E-state index is 13.3. The van der Waals surface area contributed by atoms with Gasteiger partial charge in [-0.15, -0.1) is 0 Å². The van der Waals surface area contributed by atoms with Crippen molar-refractivity contribution in [3.8, 4) is 0 Å². The molecule has 3 amide bonds. The van der Waals surface area contributed by atoms with Gasteiger partial charge in [0.25, 0.3) is 0 Å². The van der Waals surface area contributed by atoms with Crippen molar-refractivity contribution >= 4 is 18.2 Å². The Morgan fingerprint density at radius 2 is 1.89 bits per heavy atom. The fourth-order valence-corrected chi connectivity index (χ4v) is 3.88. The topological polar surface area (TPSA) is 73.4 Å². The van der Waals surface area contributed by atoms with E-state index >= 15 is 0 Å². The van der Waals surface area contributed by atoms with E-state index in [1.165, 1.54) is 5.01 Å². The highest BCUT2D eigenvalue weighted by Crippen LogP contribution is 2.30. The van der Waals surface area contributed by atoms with Crippen molar-refractivity contribution in [1.29, 1.82) is 0 Å². The first-order valence-electron chi connectivity index (χ1n) is 9.13. The van der Waals surface area contributed by atoms with Crippen molar-refractivity contribution in [2.24, 2.45) is 5.92 Å². The van der Waals surface area contributed by atoms with Crippen LogP contribution < -0.4 is 0 Å². The summed E-state index contributed by atoms with van der Waals surface area (Å²) in [5.74, 6) is -0.483. The molecule has 1 aliphatic carbocycles. The molecule has 3 aliphatic rings. The van der Waals surface area contributed by atoms with Crippen LogP contribution in [-0.2, 0) is 19.1 Å². The molecule has 27 heavy (non-hydrogen) atoms. The van der Waals surface area contributed by atoms with Gasteiger partial charge in [0, 0.05) is 33.2 Å². The predicted octanol–water partition coefficient (Wildman–Crippen LogP) is 0.00560. The molecule has 2 aliphatic heterocycles. The number of hydrogen-bond donors (Lipinski definition) is 0. The van der Waals surface area contributed by atoms with Gasteiger partial charge in [0.2, 0.25) is 18.2 Å². The summed E-state index contributed by atoms with van der Waals surface area (Å²) in [4.78, 5) is 41.2. The van der Waals surface area contributed by atoms with Crippen LogP contribution in [0.4, 0.5) is 0 Å². The molecule has 1 unspecified atom stereocenters. The monoisotopic (exact) mass is 374 g/mol. The van der Waals surface area contributed by atoms with Gasteiger partial charge >= 0.3 is 0 Å². The molecule has 0 aromatic heterocycles. The lowest BCUT2D eigenvalue weighted by Gasteiger charge is -2.54. The number of likely N-dealkylation sites (N-methyl/N-ethyl adjacent to an activating group) is 1. The van der Waals surface area contributed by atoms with Crippen molar-refractivity contribution in [2.75, 3.05) is 40.4 Å². The molecule has 8 nitrogen and oxygen atoms in total. The lowest BCUT2D eigenvalue weighted by molar-refractivity contribution is -0.197. The first kappa shape index (κ1) is 19.3. The van der Waals surface area contributed by atoms with Crippen LogP contribution in [-0.4, -0.2) is 90.6 Å². The molecule has 8 heteroatoms. The van der Waals surface area contributed by atoms with E-state index in [0.29, 0.717) is 26.1 Å². The SMILES string of the molecule is COCCCN1CC2N(C(=O)CN(C)N2C=O)[C@@H](C2C=CC=CC=C2)C1=O. The lowest BCUT2D eigenvalue weighted by atomic mass is 9.92. The van der Waals surface area contributed by atoms with Gasteiger partial charge in [0.15, 0.2) is 0 Å². The predicted molar refractivity (Wildman–Crippen MR) is 98.9 cm³/mol. The molecule has 2 saturated heterocycles. The minimum absolute atomic E-state index is 0.0705. The van der Waals surface area contributed by atoms with Crippen LogP contribution >= 0.6 is 0 Å². The summed E-state index contributed by atoms with van der Waals surface area (Å²) >= 11 is 0. The van der Waals surface area contributed by atoms with Crippen LogP contribution in [0.15, 0.2) is 36.5 Å². The summed E-state index contributed by atoms with van der Waals surface area (Å²) in [6.07, 6.45) is 12.3. The third-order valence-electron chi connectivity index (χ3n) is 5.17. The van der Waals surface area contributed by atoms with Gasteiger partial charge in [0.05, 0.1) is 13.1 Å². The van der Waals surface area contributed by atoms with Gasteiger partial charge in [-0.2, -0.15) is 0 Å². The summed E-state index contributed by atoms with van der Waals surface area (Å²) in [7, 11) is 3.33. The molecule has 0 bridgehead atoms. The zero-order chi connectivity index (χ0) is 19.4. The van der Waals surface area contributed by atoms with Gasteiger partial charge in [-0.1, -0.05) is 36.5 Å². The zero-order valence-electron chi connectivity index (χ0n) is 15.7. The quantitative estimate of drug-likeness (QED) is 0.484. The van der Waals surface area contributed by atoms with Crippen LogP contribution in [0.2, 0.25) is 0 Å². The Balaban J connectivity index is 1.94. The number of carbonyl (C=O) groups is 3. The van der Waals surface area contributed by atoms with E-state index in [0.717, 1.165) is 6.41 Å². The van der Waals surface area contributed by atoms with Crippen LogP contribution in [0.25, 0.3) is 0 Å². The van der Waals surface area contributed by atoms with Gasteiger partial charge < -0.3 is 14.5 Å². The highest BCUT2D eigenvalue weighted by atomic mass is 16.5. The second kappa shape index (κ2) is 8.49. The van der Waals surface area contributed by atoms with Crippen molar-refractivity contribution in [3.05, 3.63) is 36.5 Å². The number of carbonyl (C=O) groups excluding carboxylic acids is 3. The number of hydrazine groups is 1. The number of nitrogens with zero attached hydrogens (tertiary/aromatic N) is 4. The van der Waals surface area contributed by atoms with Crippen molar-refractivity contribution in [2.45, 2.75) is 18.6 Å². The van der Waals surface area contributed by atoms with Gasteiger partial charge in [0.1, 0.15) is 12.2 Å². The Bertz CT molecular complexity index is 659. The van der Waals surface area contributed by atoms with Crippen LogP contribution in [0, 0.1) is 5.92 Å². The molecule has 3 rings (SSSR count). The molecular weight excluding hydrogens is 348 g/mol. The third-order valence-corrected chi connectivity index (χ3v) is 5.17. The first-order valence-corrected chi connectivity index (χ1v) is 9.13. The number of allylic oxidation sites excluding steroid dienone is 4. The third kappa shape index (κ3) is 3.81. The summed E-state index contributed by atoms with van der Waals surface area (Å²) in [6.45, 7) is 1.44. The maximum absolute atomic E-state index is 13.3. The zero-order valence-corrected chi connectivity index (χ0v) is 15.7. The molecule has 0 aromatic carbocycles. The molecule has 0 N–H and O–H groups in total. The molecular formula is C19H26N4O4. The first-order chi connectivity index (χ1) is 13.1. The Morgan fingerprint density at radius 1 is 1.19 bits per heavy atom. The van der Waals surface area contributed by atoms with Crippen molar-refractivity contribution < 1.29 is 19.1 Å². The Hall–Kier alpha value is -2.45. The van der Waals surface area contributed by atoms with Crippen LogP contribution in [0.1, 0.15) is 6.42 Å². The number of hydrogen-bond acceptors (Lipinski definition) is 5. The van der Waals surface area contributed by atoms with E-state index in [9.17, 15) is 14.4 Å². The number of methoxy groups -OCH3 is 1. The lowest BCUT2D eigenvalue weighted by Crippen LogP contribution is -2.75. The molecule has 0 aromatic rings. The minimum Gasteiger partial charge on any atom is -0.385 e. The number of fused-ring (bicyclic) bond motifs is 1. The normalized spacial score (nSPS) is 26.5. The van der Waals surface area contributed by atoms with E-state index in [-0.39, 0.29) is 24.3 Å². The highest BCUT2D eigenvalue weighted by Gasteiger charge is 2.50. The molecule has 2 fully saturated rings. The molecule has 0 radical (unpaired) electrons. The second-order valence-corrected chi connectivity index (χ2v) is 6.89. The number of amides is 3. The van der Waals surface area contributed by atoms with Crippen molar-refractivity contribution in [1.82, 2.24) is 19.8 Å². The largest absolute Gasteiger partial charge is 0.385 e. The number of rotatable bonds is 6. The van der Waals surface area contributed by atoms with Gasteiger partial charge in [-0.3, -0.25) is 19.4 Å². The highest BCUT2D eigenvalue weighted by molar-refractivity contribution is 5.91. The minimum atomic E-state index is -0.664. The van der Waals surface area contributed by atoms with E-state index in [2.05, 4.69) is 0 Å². The molecule has 0 spiro atoms. The van der Waals surface area contributed by atoms with E-state index in [1.54, 1.807) is 29.0 Å². The summed E-state index contributed by atoms with van der Waals surface area (Å²) in [6, 6.07) is -0.664. The fraction of sp³-hybridized carbons (Fsp3) is 0.526. The summed E-state index contributed by atoms with van der Waals surface area (Å²) in [5.41, 5.74) is 0. The van der Waals surface area contributed by atoms with Crippen LogP contribution in [0.3, 0.4) is 0 Å². The number of piperazine rings is 1. The summed E-state index contributed by atoms with van der Waals surface area (Å²) in [5, 5.41) is 3.11. The Labute approximate surface area is 159 Å². The molecule has 2 atom stereocenters. The van der Waals surface area contributed by atoms with E-state index in [1.807, 2.05) is 36.5 Å². The smallest absolute Gasteiger partial charge is 0.246 e. The average molecular weight is 374 g/mol. The summed E-state index contributed by atoms with van der Waals surface area (Å²) < 4.78 is 5.10. The van der Waals surface area contributed by atoms with Crippen LogP contribution in [0.5, 0.6) is 0 Å². The van der Waals surface area contributed by atoms with Gasteiger partial charge in [-0.25, -0.2) is 5.01 Å². The Kier molecular flexibility index (Phi) is 6.08. The van der Waals surface area contributed by atoms with Gasteiger partial charge in [-0.05, 0) is 6.42 Å². The fourth-order valence-electron chi connectivity index (χ4n) is 3.88. The molecule has 0 saturated carbocycles. The maximum Gasteiger partial charge on any atom is 0.246 e. The average Bonchev–Trinajstić information content (AvgIpc) is 2.92. The molecule has 2 heterocycles. The second-order valence-electron chi connectivity index (χ2n) is 6.89. The van der Waals surface area contributed by atoms with Crippen molar-refractivity contribution in [3.63, 3.8) is 0 Å². The van der Waals surface area contributed by atoms with E-state index in [4.69, 9.17) is 4.74 Å². The standard InChI is InChI=1S/C19H26N4O4/c1-20-13-17(25)23-16(22(20)14-24)12-21(10-7-11-27-2)19(26)18(23)15-8-5-3-4-6-9-15/h3-6,8-9,14-16,18H,7,10-13H2,1-2H3/t16?,18-/m0/s1. The number of ether oxygens (including phenoxy) is 1.